The van der Waals surface area contributed by atoms with Gasteiger partial charge in [-0.1, -0.05) is 30.3 Å². The van der Waals surface area contributed by atoms with Crippen LogP contribution in [-0.2, 0) is 11.3 Å². The lowest BCUT2D eigenvalue weighted by Gasteiger charge is -2.18. The lowest BCUT2D eigenvalue weighted by molar-refractivity contribution is 0.0134. The van der Waals surface area contributed by atoms with Crippen LogP contribution in [-0.4, -0.2) is 27.4 Å². The molecule has 0 saturated heterocycles. The number of fused-ring (bicyclic) bond motifs is 1. The largest absolute Gasteiger partial charge is 0.392 e. The Labute approximate surface area is 158 Å². The number of hydrogen-bond donors (Lipinski definition) is 2. The molecule has 2 N–H and O–H groups in total. The number of halogens is 1. The van der Waals surface area contributed by atoms with Gasteiger partial charge in [0, 0.05) is 17.7 Å². The van der Waals surface area contributed by atoms with Crippen molar-refractivity contribution in [2.45, 2.75) is 31.6 Å². The molecule has 0 amide bonds. The summed E-state index contributed by atoms with van der Waals surface area (Å²) in [7, 11) is 0. The number of hydrogen-bond acceptors (Lipinski definition) is 4. The van der Waals surface area contributed by atoms with E-state index in [1.54, 1.807) is 10.8 Å². The number of aromatic amines is 1. The monoisotopic (exact) mass is 454 g/mol. The van der Waals surface area contributed by atoms with Gasteiger partial charge < -0.3 is 9.84 Å². The van der Waals surface area contributed by atoms with E-state index in [0.717, 1.165) is 12.0 Å². The van der Waals surface area contributed by atoms with Gasteiger partial charge in [0.15, 0.2) is 0 Å². The second kappa shape index (κ2) is 6.37. The van der Waals surface area contributed by atoms with Crippen molar-refractivity contribution in [1.29, 1.82) is 0 Å². The fraction of sp³-hybridized carbons (Fsp3) is 0.444. The summed E-state index contributed by atoms with van der Waals surface area (Å²) in [6, 6.07) is 9.85. The molecule has 2 fully saturated rings. The number of nitrogens with one attached hydrogen (secondary N) is 1. The number of rotatable bonds is 5. The first-order chi connectivity index (χ1) is 12.0. The van der Waals surface area contributed by atoms with Gasteiger partial charge in [0.25, 0.3) is 5.56 Å². The molecule has 1 aromatic heterocycles. The minimum atomic E-state index is -0.491. The zero-order valence-corrected chi connectivity index (χ0v) is 15.7. The van der Waals surface area contributed by atoms with Crippen molar-refractivity contribution in [2.24, 2.45) is 11.3 Å². The number of benzene rings is 1. The van der Waals surface area contributed by atoms with Crippen LogP contribution in [0.1, 0.15) is 24.4 Å². The maximum absolute atomic E-state index is 12.1. The molecule has 0 spiro atoms. The van der Waals surface area contributed by atoms with Crippen LogP contribution in [0, 0.1) is 14.9 Å². The highest BCUT2D eigenvalue weighted by Gasteiger charge is 2.67. The van der Waals surface area contributed by atoms with E-state index < -0.39 is 11.8 Å². The molecular formula is C18H19IN2O4. The average Bonchev–Trinajstić information content (AvgIpc) is 3.26. The van der Waals surface area contributed by atoms with Crippen LogP contribution in [0.25, 0.3) is 0 Å². The van der Waals surface area contributed by atoms with Gasteiger partial charge in [-0.3, -0.25) is 14.3 Å². The molecule has 132 valence electrons. The first-order valence-corrected chi connectivity index (χ1v) is 9.40. The van der Waals surface area contributed by atoms with Gasteiger partial charge in [-0.25, -0.2) is 4.79 Å². The highest BCUT2D eigenvalue weighted by Crippen LogP contribution is 2.67. The normalized spacial score (nSPS) is 30.2. The molecular weight excluding hydrogens is 435 g/mol. The number of nitrogens with zero attached hydrogens (tertiary/aromatic N) is 1. The molecule has 2 aliphatic rings. The Kier molecular flexibility index (Phi) is 4.33. The van der Waals surface area contributed by atoms with Gasteiger partial charge in [0.1, 0.15) is 0 Å². The summed E-state index contributed by atoms with van der Waals surface area (Å²) in [6.07, 6.45) is 2.46. The molecule has 0 bridgehead atoms. The molecule has 4 rings (SSSR count). The highest BCUT2D eigenvalue weighted by molar-refractivity contribution is 14.1. The summed E-state index contributed by atoms with van der Waals surface area (Å²) < 4.78 is 7.92. The van der Waals surface area contributed by atoms with Crippen LogP contribution >= 0.6 is 22.6 Å². The minimum absolute atomic E-state index is 0.0896. The summed E-state index contributed by atoms with van der Waals surface area (Å²) in [5, 5.41) is 10.6. The fourth-order valence-corrected chi connectivity index (χ4v) is 4.53. The first kappa shape index (κ1) is 17.0. The van der Waals surface area contributed by atoms with Crippen LogP contribution < -0.4 is 11.2 Å². The fourth-order valence-electron chi connectivity index (χ4n) is 4.09. The Morgan fingerprint density at radius 3 is 2.80 bits per heavy atom. The number of aliphatic hydroxyl groups excluding tert-OH is 1. The smallest absolute Gasteiger partial charge is 0.328 e. The van der Waals surface area contributed by atoms with E-state index in [2.05, 4.69) is 4.98 Å². The minimum Gasteiger partial charge on any atom is -0.392 e. The maximum atomic E-state index is 12.1. The Morgan fingerprint density at radius 2 is 2.08 bits per heavy atom. The van der Waals surface area contributed by atoms with Crippen molar-refractivity contribution in [3.05, 3.63) is 66.5 Å². The van der Waals surface area contributed by atoms with E-state index in [-0.39, 0.29) is 22.9 Å². The van der Waals surface area contributed by atoms with Gasteiger partial charge in [-0.15, -0.1) is 0 Å². The Bertz CT molecular complexity index is 894. The third-order valence-corrected chi connectivity index (χ3v) is 6.30. The number of H-pyrrole nitrogens is 1. The van der Waals surface area contributed by atoms with Crippen LogP contribution in [0.5, 0.6) is 0 Å². The van der Waals surface area contributed by atoms with Crippen molar-refractivity contribution in [3.8, 4) is 0 Å². The SMILES string of the molecule is O=c1[nH]c(=O)n([C@H]2C[C@H](O)C3(COCc4ccccc4)C[C@H]23)cc1I. The zero-order valence-electron chi connectivity index (χ0n) is 13.5. The molecule has 4 atom stereocenters. The van der Waals surface area contributed by atoms with E-state index in [1.165, 1.54) is 0 Å². The van der Waals surface area contributed by atoms with E-state index in [0.29, 0.717) is 23.2 Å². The van der Waals surface area contributed by atoms with Gasteiger partial charge in [-0.05, 0) is 46.9 Å². The summed E-state index contributed by atoms with van der Waals surface area (Å²) in [4.78, 5) is 26.0. The predicted octanol–water partition coefficient (Wildman–Crippen LogP) is 1.67. The van der Waals surface area contributed by atoms with Crippen molar-refractivity contribution in [2.75, 3.05) is 6.61 Å². The van der Waals surface area contributed by atoms with Crippen LogP contribution in [0.15, 0.2) is 46.1 Å². The molecule has 2 aromatic rings. The van der Waals surface area contributed by atoms with Crippen molar-refractivity contribution in [3.63, 3.8) is 0 Å². The van der Waals surface area contributed by atoms with Crippen LogP contribution in [0.2, 0.25) is 0 Å². The Hall–Kier alpha value is -1.45. The average molecular weight is 454 g/mol. The third kappa shape index (κ3) is 2.98. The zero-order chi connectivity index (χ0) is 17.6. The van der Waals surface area contributed by atoms with Crippen molar-refractivity contribution >= 4 is 22.6 Å². The highest BCUT2D eigenvalue weighted by atomic mass is 127. The standard InChI is InChI=1S/C18H19IN2O4/c19-13-8-21(17(24)20-16(13)23)14-6-15(22)18(7-12(14)18)10-25-9-11-4-2-1-3-5-11/h1-5,8,12,14-15,22H,6-7,9-10H2,(H,20,23,24)/t12-,14+,15+,18?/m1/s1. The van der Waals surface area contributed by atoms with Gasteiger partial charge >= 0.3 is 5.69 Å². The molecule has 1 aromatic carbocycles. The predicted molar refractivity (Wildman–Crippen MR) is 100 cm³/mol. The van der Waals surface area contributed by atoms with Crippen molar-refractivity contribution in [1.82, 2.24) is 9.55 Å². The van der Waals surface area contributed by atoms with Crippen LogP contribution in [0.4, 0.5) is 0 Å². The number of aliphatic hydroxyl groups is 1. The molecule has 0 aliphatic heterocycles. The topological polar surface area (TPSA) is 84.3 Å². The summed E-state index contributed by atoms with van der Waals surface area (Å²) in [5.41, 5.74) is 0.0659. The molecule has 2 aliphatic carbocycles. The number of aromatic nitrogens is 2. The van der Waals surface area contributed by atoms with Crippen LogP contribution in [0.3, 0.4) is 0 Å². The third-order valence-electron chi connectivity index (χ3n) is 5.54. The molecule has 1 heterocycles. The van der Waals surface area contributed by atoms with Crippen molar-refractivity contribution < 1.29 is 9.84 Å². The van der Waals surface area contributed by atoms with E-state index in [4.69, 9.17) is 4.74 Å². The molecule has 7 heteroatoms. The summed E-state index contributed by atoms with van der Waals surface area (Å²) >= 11 is 1.92. The van der Waals surface area contributed by atoms with E-state index in [1.807, 2.05) is 52.9 Å². The lowest BCUT2D eigenvalue weighted by Crippen LogP contribution is -2.34. The van der Waals surface area contributed by atoms with E-state index in [9.17, 15) is 14.7 Å². The second-order valence-electron chi connectivity index (χ2n) is 6.98. The molecule has 25 heavy (non-hydrogen) atoms. The molecule has 1 unspecified atom stereocenters. The molecule has 0 radical (unpaired) electrons. The Morgan fingerprint density at radius 1 is 1.32 bits per heavy atom. The summed E-state index contributed by atoms with van der Waals surface area (Å²) in [6.45, 7) is 1.00. The quantitative estimate of drug-likeness (QED) is 0.674. The van der Waals surface area contributed by atoms with E-state index >= 15 is 0 Å². The second-order valence-corrected chi connectivity index (χ2v) is 8.15. The first-order valence-electron chi connectivity index (χ1n) is 8.32. The lowest BCUT2D eigenvalue weighted by atomic mass is 10.0. The van der Waals surface area contributed by atoms with Gasteiger partial charge in [-0.2, -0.15) is 0 Å². The van der Waals surface area contributed by atoms with Gasteiger partial charge in [0.05, 0.1) is 22.9 Å². The summed E-state index contributed by atoms with van der Waals surface area (Å²) in [5.74, 6) is 0.206. The molecule has 6 nitrogen and oxygen atoms in total. The molecule has 2 saturated carbocycles. The number of ether oxygens (including phenoxy) is 1. The Balaban J connectivity index is 1.47. The van der Waals surface area contributed by atoms with Gasteiger partial charge in [0.2, 0.25) is 0 Å². The maximum Gasteiger partial charge on any atom is 0.328 e.